The second-order valence-electron chi connectivity index (χ2n) is 4.32. The standard InChI is InChI=1S/C13H18N2/c1-10(2)9-15-11(3)13-6-4-12(8-14)5-7-13/h4,6,10H,5,7,9H2,1-3H3. The van der Waals surface area contributed by atoms with Crippen LogP contribution in [0.15, 0.2) is 28.3 Å². The van der Waals surface area contributed by atoms with Crippen LogP contribution in [0.25, 0.3) is 0 Å². The van der Waals surface area contributed by atoms with Crippen LogP contribution in [0.2, 0.25) is 0 Å². The first-order valence-corrected chi connectivity index (χ1v) is 5.44. The highest BCUT2D eigenvalue weighted by Gasteiger charge is 2.08. The lowest BCUT2D eigenvalue weighted by atomic mass is 9.96. The van der Waals surface area contributed by atoms with Crippen molar-refractivity contribution in [3.63, 3.8) is 0 Å². The van der Waals surface area contributed by atoms with Crippen LogP contribution in [-0.2, 0) is 0 Å². The van der Waals surface area contributed by atoms with E-state index in [1.54, 1.807) is 0 Å². The Morgan fingerprint density at radius 3 is 2.67 bits per heavy atom. The highest BCUT2D eigenvalue weighted by atomic mass is 14.7. The number of hydrogen-bond donors (Lipinski definition) is 0. The summed E-state index contributed by atoms with van der Waals surface area (Å²) in [6, 6.07) is 2.19. The van der Waals surface area contributed by atoms with Crippen molar-refractivity contribution in [3.8, 4) is 6.07 Å². The Kier molecular flexibility index (Phi) is 4.30. The topological polar surface area (TPSA) is 36.1 Å². The molecular weight excluding hydrogens is 184 g/mol. The maximum atomic E-state index is 8.71. The fourth-order valence-electron chi connectivity index (χ4n) is 1.45. The van der Waals surface area contributed by atoms with E-state index in [4.69, 9.17) is 5.26 Å². The fraction of sp³-hybridized carbons (Fsp3) is 0.538. The zero-order valence-electron chi connectivity index (χ0n) is 9.75. The van der Waals surface area contributed by atoms with Crippen molar-refractivity contribution in [2.75, 3.05) is 6.54 Å². The highest BCUT2D eigenvalue weighted by Crippen LogP contribution is 2.18. The van der Waals surface area contributed by atoms with Crippen molar-refractivity contribution in [2.45, 2.75) is 33.6 Å². The molecule has 0 atom stereocenters. The number of hydrogen-bond acceptors (Lipinski definition) is 2. The molecule has 0 aromatic heterocycles. The van der Waals surface area contributed by atoms with Crippen molar-refractivity contribution in [1.29, 1.82) is 5.26 Å². The predicted molar refractivity (Wildman–Crippen MR) is 63.8 cm³/mol. The molecule has 0 heterocycles. The van der Waals surface area contributed by atoms with Crippen molar-refractivity contribution in [3.05, 3.63) is 23.3 Å². The molecule has 2 heteroatoms. The van der Waals surface area contributed by atoms with Crippen LogP contribution in [0.1, 0.15) is 33.6 Å². The largest absolute Gasteiger partial charge is 0.290 e. The summed E-state index contributed by atoms with van der Waals surface area (Å²) in [5.41, 5.74) is 3.27. The van der Waals surface area contributed by atoms with Gasteiger partial charge in [-0.15, -0.1) is 0 Å². The molecule has 0 N–H and O–H groups in total. The molecule has 0 fully saturated rings. The predicted octanol–water partition coefficient (Wildman–Crippen LogP) is 3.27. The minimum absolute atomic E-state index is 0.606. The van der Waals surface area contributed by atoms with E-state index >= 15 is 0 Å². The van der Waals surface area contributed by atoms with Crippen molar-refractivity contribution in [2.24, 2.45) is 10.9 Å². The summed E-state index contributed by atoms with van der Waals surface area (Å²) in [6.07, 6.45) is 5.75. The summed E-state index contributed by atoms with van der Waals surface area (Å²) in [5.74, 6) is 0.606. The fourth-order valence-corrected chi connectivity index (χ4v) is 1.45. The first-order valence-electron chi connectivity index (χ1n) is 5.44. The Bertz CT molecular complexity index is 351. The van der Waals surface area contributed by atoms with Gasteiger partial charge in [-0.25, -0.2) is 0 Å². The molecule has 0 aromatic carbocycles. The van der Waals surface area contributed by atoms with Crippen LogP contribution in [0.5, 0.6) is 0 Å². The lowest BCUT2D eigenvalue weighted by Crippen LogP contribution is -2.04. The molecule has 15 heavy (non-hydrogen) atoms. The number of rotatable bonds is 3. The second kappa shape index (κ2) is 5.50. The smallest absolute Gasteiger partial charge is 0.0947 e. The van der Waals surface area contributed by atoms with E-state index in [1.807, 2.05) is 12.2 Å². The molecule has 0 radical (unpaired) electrons. The second-order valence-corrected chi connectivity index (χ2v) is 4.32. The van der Waals surface area contributed by atoms with E-state index in [0.29, 0.717) is 5.92 Å². The van der Waals surface area contributed by atoms with Gasteiger partial charge in [0.15, 0.2) is 0 Å². The molecule has 0 amide bonds. The average molecular weight is 202 g/mol. The van der Waals surface area contributed by atoms with E-state index in [2.05, 4.69) is 31.8 Å². The molecular formula is C13H18N2. The number of nitrogens with zero attached hydrogens (tertiary/aromatic N) is 2. The van der Waals surface area contributed by atoms with Crippen LogP contribution < -0.4 is 0 Å². The lowest BCUT2D eigenvalue weighted by Gasteiger charge is -2.11. The van der Waals surface area contributed by atoms with Gasteiger partial charge < -0.3 is 0 Å². The minimum Gasteiger partial charge on any atom is -0.290 e. The normalized spacial score (nSPS) is 17.1. The SMILES string of the molecule is CC(=NCC(C)C)C1=CC=C(C#N)CC1. The molecule has 80 valence electrons. The van der Waals surface area contributed by atoms with Crippen LogP contribution in [0.3, 0.4) is 0 Å². The average Bonchev–Trinajstić information content (AvgIpc) is 2.26. The Balaban J connectivity index is 2.67. The zero-order chi connectivity index (χ0) is 11.3. The maximum absolute atomic E-state index is 8.71. The molecule has 0 saturated heterocycles. The Labute approximate surface area is 92.0 Å². The molecule has 0 unspecified atom stereocenters. The summed E-state index contributed by atoms with van der Waals surface area (Å²) in [4.78, 5) is 4.53. The lowest BCUT2D eigenvalue weighted by molar-refractivity contribution is 0.665. The molecule has 1 aliphatic rings. The third kappa shape index (κ3) is 3.71. The Hall–Kier alpha value is -1.36. The van der Waals surface area contributed by atoms with E-state index in [1.165, 1.54) is 5.57 Å². The quantitative estimate of drug-likeness (QED) is 0.647. The Morgan fingerprint density at radius 1 is 1.47 bits per heavy atom. The molecule has 1 rings (SSSR count). The summed E-state index contributed by atoms with van der Waals surface area (Å²) in [6.45, 7) is 7.27. The van der Waals surface area contributed by atoms with Crippen LogP contribution in [-0.4, -0.2) is 12.3 Å². The van der Waals surface area contributed by atoms with Gasteiger partial charge in [-0.1, -0.05) is 19.9 Å². The van der Waals surface area contributed by atoms with Crippen LogP contribution in [0, 0.1) is 17.2 Å². The van der Waals surface area contributed by atoms with E-state index in [9.17, 15) is 0 Å². The summed E-state index contributed by atoms with van der Waals surface area (Å²) in [5, 5.41) is 8.71. The number of nitriles is 1. The van der Waals surface area contributed by atoms with Gasteiger partial charge in [-0.3, -0.25) is 4.99 Å². The minimum atomic E-state index is 0.606. The Morgan fingerprint density at radius 2 is 2.20 bits per heavy atom. The first-order chi connectivity index (χ1) is 7.13. The van der Waals surface area contributed by atoms with Gasteiger partial charge in [0.2, 0.25) is 0 Å². The monoisotopic (exact) mass is 202 g/mol. The van der Waals surface area contributed by atoms with Crippen LogP contribution >= 0.6 is 0 Å². The van der Waals surface area contributed by atoms with Gasteiger partial charge in [0.25, 0.3) is 0 Å². The summed E-state index contributed by atoms with van der Waals surface area (Å²) >= 11 is 0. The van der Waals surface area contributed by atoms with E-state index in [-0.39, 0.29) is 0 Å². The van der Waals surface area contributed by atoms with Gasteiger partial charge in [-0.05, 0) is 37.3 Å². The maximum Gasteiger partial charge on any atom is 0.0947 e. The molecule has 2 nitrogen and oxygen atoms in total. The van der Waals surface area contributed by atoms with Crippen molar-refractivity contribution < 1.29 is 0 Å². The first kappa shape index (κ1) is 11.7. The van der Waals surface area contributed by atoms with Gasteiger partial charge in [0.1, 0.15) is 0 Å². The molecule has 0 spiro atoms. The third-order valence-corrected chi connectivity index (χ3v) is 2.45. The van der Waals surface area contributed by atoms with Gasteiger partial charge in [0.05, 0.1) is 6.07 Å². The summed E-state index contributed by atoms with van der Waals surface area (Å²) < 4.78 is 0. The molecule has 0 aromatic rings. The van der Waals surface area contributed by atoms with E-state index < -0.39 is 0 Å². The molecule has 0 bridgehead atoms. The number of allylic oxidation sites excluding steroid dienone is 4. The van der Waals surface area contributed by atoms with Gasteiger partial charge in [-0.2, -0.15) is 5.26 Å². The molecule has 0 saturated carbocycles. The van der Waals surface area contributed by atoms with Crippen molar-refractivity contribution >= 4 is 5.71 Å². The number of aliphatic imine (C=N–C) groups is 1. The molecule has 1 aliphatic carbocycles. The highest BCUT2D eigenvalue weighted by molar-refractivity contribution is 5.98. The van der Waals surface area contributed by atoms with Gasteiger partial charge in [0, 0.05) is 17.8 Å². The summed E-state index contributed by atoms with van der Waals surface area (Å²) in [7, 11) is 0. The zero-order valence-corrected chi connectivity index (χ0v) is 9.75. The van der Waals surface area contributed by atoms with Crippen LogP contribution in [0.4, 0.5) is 0 Å². The van der Waals surface area contributed by atoms with Gasteiger partial charge >= 0.3 is 0 Å². The molecule has 0 aliphatic heterocycles. The van der Waals surface area contributed by atoms with E-state index in [0.717, 1.165) is 30.7 Å². The van der Waals surface area contributed by atoms with Crippen molar-refractivity contribution in [1.82, 2.24) is 0 Å². The third-order valence-electron chi connectivity index (χ3n) is 2.45.